The van der Waals surface area contributed by atoms with Gasteiger partial charge in [-0.3, -0.25) is 4.79 Å². The maximum atomic E-state index is 10.9. The molecule has 5 heteroatoms. The Morgan fingerprint density at radius 1 is 1.04 bits per heavy atom. The van der Waals surface area contributed by atoms with E-state index in [4.69, 9.17) is 11.6 Å². The minimum absolute atomic E-state index is 0.634. The molecule has 0 saturated carbocycles. The second kappa shape index (κ2) is 5.65. The normalized spacial score (nSPS) is 11.0. The Morgan fingerprint density at radius 3 is 2.65 bits per heavy atom. The number of halogens is 1. The van der Waals surface area contributed by atoms with E-state index >= 15 is 0 Å². The zero-order chi connectivity index (χ0) is 15.8. The summed E-state index contributed by atoms with van der Waals surface area (Å²) in [6.45, 7) is 0. The van der Waals surface area contributed by atoms with Crippen LogP contribution in [0.4, 0.5) is 0 Å². The highest BCUT2D eigenvalue weighted by Gasteiger charge is 2.09. The van der Waals surface area contributed by atoms with Gasteiger partial charge in [0.05, 0.1) is 15.4 Å². The number of aldehydes is 1. The molecule has 0 atom stereocenters. The number of carbonyl (C=O) groups excluding carboxylic acids is 1. The van der Waals surface area contributed by atoms with Gasteiger partial charge in [0.15, 0.2) is 6.29 Å². The Hall–Kier alpha value is -2.43. The van der Waals surface area contributed by atoms with Crippen LogP contribution >= 0.6 is 22.9 Å². The monoisotopic (exact) mass is 338 g/mol. The van der Waals surface area contributed by atoms with E-state index in [1.165, 1.54) is 11.3 Å². The molecule has 1 N–H and O–H groups in total. The van der Waals surface area contributed by atoms with E-state index in [1.807, 2.05) is 48.5 Å². The standard InChI is InChI=1S/C18H11ClN2OS/c19-14-5-2-6-15-17(14)21-18(20-15)12-4-1-3-11(9-12)16-8-7-13(10-22)23-16/h1-10H,(H,20,21). The lowest BCUT2D eigenvalue weighted by molar-refractivity contribution is 0.112. The molecule has 0 aliphatic heterocycles. The van der Waals surface area contributed by atoms with Gasteiger partial charge in [-0.1, -0.05) is 35.9 Å². The van der Waals surface area contributed by atoms with Crippen LogP contribution in [0.5, 0.6) is 0 Å². The fraction of sp³-hybridized carbons (Fsp3) is 0. The molecule has 2 aromatic carbocycles. The lowest BCUT2D eigenvalue weighted by Gasteiger charge is -2.01. The van der Waals surface area contributed by atoms with E-state index in [0.29, 0.717) is 5.02 Å². The van der Waals surface area contributed by atoms with Crippen LogP contribution in [0.3, 0.4) is 0 Å². The van der Waals surface area contributed by atoms with Crippen molar-refractivity contribution in [2.24, 2.45) is 0 Å². The molecule has 0 radical (unpaired) electrons. The topological polar surface area (TPSA) is 45.8 Å². The maximum absolute atomic E-state index is 10.9. The van der Waals surface area contributed by atoms with E-state index in [-0.39, 0.29) is 0 Å². The van der Waals surface area contributed by atoms with Gasteiger partial charge in [0.25, 0.3) is 0 Å². The molecule has 0 spiro atoms. The average Bonchev–Trinajstić information content (AvgIpc) is 3.22. The number of aromatic nitrogens is 2. The molecular formula is C18H11ClN2OS. The molecule has 0 fully saturated rings. The van der Waals surface area contributed by atoms with Crippen molar-refractivity contribution >= 4 is 40.3 Å². The van der Waals surface area contributed by atoms with Gasteiger partial charge in [-0.15, -0.1) is 11.3 Å². The molecule has 112 valence electrons. The maximum Gasteiger partial charge on any atom is 0.160 e. The second-order valence-corrected chi connectivity index (χ2v) is 6.64. The number of nitrogens with zero attached hydrogens (tertiary/aromatic N) is 1. The Bertz CT molecular complexity index is 1020. The number of H-pyrrole nitrogens is 1. The van der Waals surface area contributed by atoms with Gasteiger partial charge in [0.2, 0.25) is 0 Å². The number of aromatic amines is 1. The number of carbonyl (C=O) groups is 1. The number of para-hydroxylation sites is 1. The predicted octanol–water partition coefficient (Wildman–Crippen LogP) is 5.42. The number of thiophene rings is 1. The van der Waals surface area contributed by atoms with E-state index in [2.05, 4.69) is 16.0 Å². The largest absolute Gasteiger partial charge is 0.338 e. The van der Waals surface area contributed by atoms with Gasteiger partial charge in [-0.05, 0) is 35.9 Å². The quantitative estimate of drug-likeness (QED) is 0.507. The Labute approximate surface area is 141 Å². The molecule has 2 aromatic heterocycles. The van der Waals surface area contributed by atoms with Gasteiger partial charge in [0.1, 0.15) is 11.3 Å². The minimum atomic E-state index is 0.634. The Balaban J connectivity index is 1.80. The van der Waals surface area contributed by atoms with E-state index in [9.17, 15) is 4.79 Å². The molecule has 0 amide bonds. The van der Waals surface area contributed by atoms with Crippen LogP contribution in [0.1, 0.15) is 9.67 Å². The highest BCUT2D eigenvalue weighted by molar-refractivity contribution is 7.17. The van der Waals surface area contributed by atoms with Gasteiger partial charge >= 0.3 is 0 Å². The third-order valence-electron chi connectivity index (χ3n) is 3.63. The van der Waals surface area contributed by atoms with Crippen molar-refractivity contribution in [2.45, 2.75) is 0 Å². The summed E-state index contributed by atoms with van der Waals surface area (Å²) in [4.78, 5) is 20.5. The first-order valence-electron chi connectivity index (χ1n) is 7.04. The van der Waals surface area contributed by atoms with E-state index in [1.54, 1.807) is 0 Å². The molecule has 3 nitrogen and oxygen atoms in total. The summed E-state index contributed by atoms with van der Waals surface area (Å²) in [6, 6.07) is 17.6. The fourth-order valence-electron chi connectivity index (χ4n) is 2.52. The van der Waals surface area contributed by atoms with Gasteiger partial charge < -0.3 is 4.98 Å². The number of nitrogens with one attached hydrogen (secondary N) is 1. The average molecular weight is 339 g/mol. The summed E-state index contributed by atoms with van der Waals surface area (Å²) in [5.41, 5.74) is 3.73. The third-order valence-corrected chi connectivity index (χ3v) is 4.99. The molecule has 0 bridgehead atoms. The van der Waals surface area contributed by atoms with Gasteiger partial charge in [-0.2, -0.15) is 0 Å². The molecule has 0 unspecified atom stereocenters. The SMILES string of the molecule is O=Cc1ccc(-c2cccc(-c3nc4c(Cl)cccc4[nH]3)c2)s1. The summed E-state index contributed by atoms with van der Waals surface area (Å²) in [5.74, 6) is 0.780. The van der Waals surface area contributed by atoms with Crippen LogP contribution in [0.25, 0.3) is 32.9 Å². The molecule has 4 rings (SSSR count). The van der Waals surface area contributed by atoms with Crippen molar-refractivity contribution in [1.29, 1.82) is 0 Å². The number of hydrogen-bond donors (Lipinski definition) is 1. The minimum Gasteiger partial charge on any atom is -0.338 e. The molecule has 0 saturated heterocycles. The van der Waals surface area contributed by atoms with Crippen molar-refractivity contribution in [3.05, 3.63) is 64.5 Å². The third kappa shape index (κ3) is 2.56. The zero-order valence-corrected chi connectivity index (χ0v) is 13.5. The Morgan fingerprint density at radius 2 is 1.87 bits per heavy atom. The smallest absolute Gasteiger partial charge is 0.160 e. The number of benzene rings is 2. The van der Waals surface area contributed by atoms with E-state index in [0.717, 1.165) is 44.0 Å². The predicted molar refractivity (Wildman–Crippen MR) is 95.2 cm³/mol. The molecule has 0 aliphatic rings. The van der Waals surface area contributed by atoms with Crippen LogP contribution in [0, 0.1) is 0 Å². The lowest BCUT2D eigenvalue weighted by Crippen LogP contribution is -1.81. The summed E-state index contributed by atoms with van der Waals surface area (Å²) in [7, 11) is 0. The highest BCUT2D eigenvalue weighted by Crippen LogP contribution is 2.31. The van der Waals surface area contributed by atoms with Crippen LogP contribution in [-0.4, -0.2) is 16.3 Å². The number of rotatable bonds is 3. The first-order chi connectivity index (χ1) is 11.2. The Kier molecular flexibility index (Phi) is 3.48. The van der Waals surface area contributed by atoms with Crippen molar-refractivity contribution in [1.82, 2.24) is 9.97 Å². The molecule has 0 aliphatic carbocycles. The van der Waals surface area contributed by atoms with Crippen molar-refractivity contribution in [3.8, 4) is 21.8 Å². The fourth-order valence-corrected chi connectivity index (χ4v) is 3.56. The first-order valence-corrected chi connectivity index (χ1v) is 8.24. The van der Waals surface area contributed by atoms with Gasteiger partial charge in [-0.25, -0.2) is 4.98 Å². The van der Waals surface area contributed by atoms with Crippen LogP contribution < -0.4 is 0 Å². The summed E-state index contributed by atoms with van der Waals surface area (Å²) in [6.07, 6.45) is 0.874. The van der Waals surface area contributed by atoms with Crippen LogP contribution in [-0.2, 0) is 0 Å². The van der Waals surface area contributed by atoms with Crippen molar-refractivity contribution in [2.75, 3.05) is 0 Å². The van der Waals surface area contributed by atoms with Crippen molar-refractivity contribution in [3.63, 3.8) is 0 Å². The summed E-state index contributed by atoms with van der Waals surface area (Å²) < 4.78 is 0. The second-order valence-electron chi connectivity index (χ2n) is 5.12. The number of fused-ring (bicyclic) bond motifs is 1. The molecular weight excluding hydrogens is 328 g/mol. The summed E-state index contributed by atoms with van der Waals surface area (Å²) >= 11 is 7.67. The van der Waals surface area contributed by atoms with Crippen LogP contribution in [0.15, 0.2) is 54.6 Å². The first kappa shape index (κ1) is 14.2. The highest BCUT2D eigenvalue weighted by atomic mass is 35.5. The zero-order valence-electron chi connectivity index (χ0n) is 11.9. The summed E-state index contributed by atoms with van der Waals surface area (Å²) in [5, 5.41) is 0.634. The number of hydrogen-bond acceptors (Lipinski definition) is 3. The molecule has 4 aromatic rings. The van der Waals surface area contributed by atoms with Crippen LogP contribution in [0.2, 0.25) is 5.02 Å². The molecule has 2 heterocycles. The lowest BCUT2D eigenvalue weighted by atomic mass is 10.1. The van der Waals surface area contributed by atoms with E-state index < -0.39 is 0 Å². The molecule has 23 heavy (non-hydrogen) atoms. The van der Waals surface area contributed by atoms with Gasteiger partial charge in [0, 0.05) is 10.4 Å². The number of imidazole rings is 1. The van der Waals surface area contributed by atoms with Crippen molar-refractivity contribution < 1.29 is 4.79 Å².